The summed E-state index contributed by atoms with van der Waals surface area (Å²) in [6, 6.07) is 4.51. The molecule has 1 fully saturated rings. The maximum absolute atomic E-state index is 12.9. The summed E-state index contributed by atoms with van der Waals surface area (Å²) in [4.78, 5) is 23.4. The van der Waals surface area contributed by atoms with Crippen LogP contribution >= 0.6 is 0 Å². The van der Waals surface area contributed by atoms with Gasteiger partial charge in [0.1, 0.15) is 12.1 Å². The summed E-state index contributed by atoms with van der Waals surface area (Å²) in [6.07, 6.45) is 1.77. The van der Waals surface area contributed by atoms with Crippen LogP contribution in [0.2, 0.25) is 0 Å². The van der Waals surface area contributed by atoms with Gasteiger partial charge >= 0.3 is 5.97 Å². The predicted octanol–water partition coefficient (Wildman–Crippen LogP) is 1.13. The van der Waals surface area contributed by atoms with Crippen molar-refractivity contribution in [3.8, 4) is 0 Å². The number of hydrogen-bond acceptors (Lipinski definition) is 4. The van der Waals surface area contributed by atoms with Crippen LogP contribution in [-0.4, -0.2) is 48.3 Å². The van der Waals surface area contributed by atoms with Gasteiger partial charge in [-0.2, -0.15) is 4.31 Å². The number of carboxylic acid groups (broad SMARTS) is 1. The molecular formula is C16H22N2O5S. The van der Waals surface area contributed by atoms with Gasteiger partial charge in [0.05, 0.1) is 4.90 Å². The number of hydrogen-bond donors (Lipinski definition) is 2. The zero-order valence-corrected chi connectivity index (χ0v) is 14.5. The highest BCUT2D eigenvalue weighted by Gasteiger charge is 2.38. The molecule has 0 spiro atoms. The molecule has 1 aromatic carbocycles. The summed E-state index contributed by atoms with van der Waals surface area (Å²) in [5.41, 5.74) is 0.942. The van der Waals surface area contributed by atoms with E-state index in [1.165, 1.54) is 23.4 Å². The molecule has 1 unspecified atom stereocenters. The van der Waals surface area contributed by atoms with Crippen molar-refractivity contribution in [1.29, 1.82) is 0 Å². The van der Waals surface area contributed by atoms with E-state index in [0.717, 1.165) is 12.0 Å². The predicted molar refractivity (Wildman–Crippen MR) is 88.0 cm³/mol. The van der Waals surface area contributed by atoms with Crippen LogP contribution in [0.4, 0.5) is 0 Å². The first kappa shape index (κ1) is 18.4. The van der Waals surface area contributed by atoms with E-state index in [1.54, 1.807) is 12.1 Å². The second kappa shape index (κ2) is 7.31. The van der Waals surface area contributed by atoms with Gasteiger partial charge in [0, 0.05) is 6.54 Å². The highest BCUT2D eigenvalue weighted by Crippen LogP contribution is 2.25. The molecular weight excluding hydrogens is 332 g/mol. The summed E-state index contributed by atoms with van der Waals surface area (Å²) in [7, 11) is -3.80. The lowest BCUT2D eigenvalue weighted by Crippen LogP contribution is -2.54. The molecule has 1 amide bonds. The van der Waals surface area contributed by atoms with Gasteiger partial charge in [-0.1, -0.05) is 24.1 Å². The van der Waals surface area contributed by atoms with Gasteiger partial charge in [0.25, 0.3) is 0 Å². The quantitative estimate of drug-likeness (QED) is 0.825. The van der Waals surface area contributed by atoms with Crippen molar-refractivity contribution in [3.05, 3.63) is 29.8 Å². The minimum atomic E-state index is -3.80. The van der Waals surface area contributed by atoms with Gasteiger partial charge in [0.2, 0.25) is 15.9 Å². The van der Waals surface area contributed by atoms with Gasteiger partial charge < -0.3 is 10.4 Å². The number of carboxylic acids is 1. The highest BCUT2D eigenvalue weighted by molar-refractivity contribution is 7.89. The zero-order valence-electron chi connectivity index (χ0n) is 13.7. The summed E-state index contributed by atoms with van der Waals surface area (Å²) in [6.45, 7) is 3.46. The van der Waals surface area contributed by atoms with E-state index in [2.05, 4.69) is 5.32 Å². The summed E-state index contributed by atoms with van der Waals surface area (Å²) in [5.74, 6) is -1.73. The largest absolute Gasteiger partial charge is 0.480 e. The van der Waals surface area contributed by atoms with E-state index >= 15 is 0 Å². The highest BCUT2D eigenvalue weighted by atomic mass is 32.2. The van der Waals surface area contributed by atoms with Crippen LogP contribution < -0.4 is 5.32 Å². The first-order chi connectivity index (χ1) is 11.2. The fourth-order valence-electron chi connectivity index (χ4n) is 2.67. The van der Waals surface area contributed by atoms with Gasteiger partial charge in [-0.05, 0) is 38.8 Å². The second-order valence-corrected chi connectivity index (χ2v) is 7.90. The summed E-state index contributed by atoms with van der Waals surface area (Å²) < 4.78 is 26.9. The van der Waals surface area contributed by atoms with Crippen LogP contribution in [0.1, 0.15) is 31.7 Å². The lowest BCUT2D eigenvalue weighted by atomic mass is 10.0. The molecule has 7 nitrogen and oxygen atoms in total. The third kappa shape index (κ3) is 3.93. The molecule has 1 aliphatic rings. The molecule has 24 heavy (non-hydrogen) atoms. The minimum Gasteiger partial charge on any atom is -0.480 e. The molecule has 1 heterocycles. The van der Waals surface area contributed by atoms with Crippen molar-refractivity contribution in [2.75, 3.05) is 6.54 Å². The molecule has 2 N–H and O–H groups in total. The van der Waals surface area contributed by atoms with Crippen LogP contribution in [0, 0.1) is 6.92 Å². The van der Waals surface area contributed by atoms with Crippen LogP contribution in [0.25, 0.3) is 0 Å². The first-order valence-corrected chi connectivity index (χ1v) is 9.29. The fraction of sp³-hybridized carbons (Fsp3) is 0.500. The first-order valence-electron chi connectivity index (χ1n) is 7.85. The number of nitrogens with zero attached hydrogens (tertiary/aromatic N) is 1. The normalized spacial score (nSPS) is 20.3. The lowest BCUT2D eigenvalue weighted by molar-refractivity contribution is -0.142. The van der Waals surface area contributed by atoms with Crippen molar-refractivity contribution in [2.45, 2.75) is 50.1 Å². The Labute approximate surface area is 141 Å². The van der Waals surface area contributed by atoms with Crippen molar-refractivity contribution in [2.24, 2.45) is 0 Å². The Hall–Kier alpha value is -1.93. The Morgan fingerprint density at radius 3 is 2.46 bits per heavy atom. The van der Waals surface area contributed by atoms with E-state index in [-0.39, 0.29) is 11.4 Å². The maximum atomic E-state index is 12.9. The Morgan fingerprint density at radius 1 is 1.25 bits per heavy atom. The topological polar surface area (TPSA) is 104 Å². The number of rotatable bonds is 5. The van der Waals surface area contributed by atoms with Crippen molar-refractivity contribution >= 4 is 21.9 Å². The average Bonchev–Trinajstić information content (AvgIpc) is 2.55. The van der Waals surface area contributed by atoms with E-state index in [0.29, 0.717) is 12.8 Å². The number of piperidine rings is 1. The lowest BCUT2D eigenvalue weighted by Gasteiger charge is -2.34. The third-order valence-electron chi connectivity index (χ3n) is 4.11. The van der Waals surface area contributed by atoms with Crippen LogP contribution in [-0.2, 0) is 19.6 Å². The Balaban J connectivity index is 2.26. The van der Waals surface area contributed by atoms with Crippen molar-refractivity contribution in [3.63, 3.8) is 0 Å². The fourth-order valence-corrected chi connectivity index (χ4v) is 4.33. The maximum Gasteiger partial charge on any atom is 0.325 e. The SMILES string of the molecule is Cc1ccc(S(=O)(=O)N2CCCC[C@H]2C(=O)NC(C)C(=O)O)cc1. The number of aliphatic carboxylic acids is 1. The number of aryl methyl sites for hydroxylation is 1. The molecule has 2 rings (SSSR count). The second-order valence-electron chi connectivity index (χ2n) is 6.01. The molecule has 1 aromatic rings. The Morgan fingerprint density at radius 2 is 1.88 bits per heavy atom. The molecule has 0 saturated carbocycles. The number of nitrogens with one attached hydrogen (secondary N) is 1. The molecule has 8 heteroatoms. The van der Waals surface area contributed by atoms with Gasteiger partial charge in [-0.15, -0.1) is 0 Å². The van der Waals surface area contributed by atoms with Gasteiger partial charge in [0.15, 0.2) is 0 Å². The van der Waals surface area contributed by atoms with Gasteiger partial charge in [-0.25, -0.2) is 8.42 Å². The standard InChI is InChI=1S/C16H22N2O5S/c1-11-6-8-13(9-7-11)24(22,23)18-10-4-3-5-14(18)15(19)17-12(2)16(20)21/h6-9,12,14H,3-5,10H2,1-2H3,(H,17,19)(H,20,21)/t12?,14-/m0/s1. The number of carbonyl (C=O) groups excluding carboxylic acids is 1. The number of sulfonamides is 1. The smallest absolute Gasteiger partial charge is 0.325 e. The molecule has 0 bridgehead atoms. The van der Waals surface area contributed by atoms with E-state index < -0.39 is 34.0 Å². The Kier molecular flexibility index (Phi) is 5.61. The number of benzene rings is 1. The molecule has 1 aliphatic heterocycles. The molecule has 2 atom stereocenters. The minimum absolute atomic E-state index is 0.138. The van der Waals surface area contributed by atoms with Gasteiger partial charge in [-0.3, -0.25) is 9.59 Å². The average molecular weight is 354 g/mol. The summed E-state index contributed by atoms with van der Waals surface area (Å²) in [5, 5.41) is 11.3. The van der Waals surface area contributed by atoms with Crippen molar-refractivity contribution < 1.29 is 23.1 Å². The molecule has 0 radical (unpaired) electrons. The van der Waals surface area contributed by atoms with E-state index in [4.69, 9.17) is 5.11 Å². The van der Waals surface area contributed by atoms with Crippen LogP contribution in [0.3, 0.4) is 0 Å². The molecule has 1 saturated heterocycles. The van der Waals surface area contributed by atoms with Crippen LogP contribution in [0.15, 0.2) is 29.2 Å². The third-order valence-corrected chi connectivity index (χ3v) is 6.04. The molecule has 132 valence electrons. The van der Waals surface area contributed by atoms with Crippen LogP contribution in [0.5, 0.6) is 0 Å². The Bertz CT molecular complexity index is 714. The summed E-state index contributed by atoms with van der Waals surface area (Å²) >= 11 is 0. The monoisotopic (exact) mass is 354 g/mol. The molecule has 0 aliphatic carbocycles. The molecule has 0 aromatic heterocycles. The van der Waals surface area contributed by atoms with E-state index in [1.807, 2.05) is 6.92 Å². The number of carbonyl (C=O) groups is 2. The zero-order chi connectivity index (χ0) is 17.9. The number of amides is 1. The van der Waals surface area contributed by atoms with E-state index in [9.17, 15) is 18.0 Å². The van der Waals surface area contributed by atoms with Crippen molar-refractivity contribution in [1.82, 2.24) is 9.62 Å².